The highest BCUT2D eigenvalue weighted by Gasteiger charge is 2.14. The summed E-state index contributed by atoms with van der Waals surface area (Å²) in [6.07, 6.45) is 0. The zero-order valence-corrected chi connectivity index (χ0v) is 13.5. The van der Waals surface area contributed by atoms with Crippen molar-refractivity contribution in [2.24, 2.45) is 0 Å². The van der Waals surface area contributed by atoms with Gasteiger partial charge in [0.15, 0.2) is 0 Å². The van der Waals surface area contributed by atoms with Gasteiger partial charge in [-0.15, -0.1) is 0 Å². The predicted octanol–water partition coefficient (Wildman–Crippen LogP) is 3.16. The molecule has 106 valence electrons. The van der Waals surface area contributed by atoms with Gasteiger partial charge in [-0.2, -0.15) is 0 Å². The first-order valence-electron chi connectivity index (χ1n) is 5.67. The number of rotatable bonds is 4. The van der Waals surface area contributed by atoms with E-state index in [0.717, 1.165) is 10.0 Å². The van der Waals surface area contributed by atoms with Crippen molar-refractivity contribution in [1.82, 2.24) is 4.72 Å². The lowest BCUT2D eigenvalue weighted by Gasteiger charge is -2.08. The van der Waals surface area contributed by atoms with Crippen molar-refractivity contribution in [3.8, 4) is 0 Å². The summed E-state index contributed by atoms with van der Waals surface area (Å²) in [6.45, 7) is 0.199. The lowest BCUT2D eigenvalue weighted by molar-refractivity contribution is 0.581. The Hall–Kier alpha value is -1.08. The molecule has 7 heteroatoms. The summed E-state index contributed by atoms with van der Waals surface area (Å²) in [4.78, 5) is 0.0920. The number of benzene rings is 2. The first kappa shape index (κ1) is 15.3. The molecular formula is C13H12BrClN2O2S. The second-order valence-electron chi connectivity index (χ2n) is 4.14. The summed E-state index contributed by atoms with van der Waals surface area (Å²) in [5.41, 5.74) is 6.70. The van der Waals surface area contributed by atoms with Crippen LogP contribution in [-0.2, 0) is 16.6 Å². The molecule has 0 saturated carbocycles. The van der Waals surface area contributed by atoms with E-state index in [-0.39, 0.29) is 17.1 Å². The Labute approximate surface area is 131 Å². The van der Waals surface area contributed by atoms with Crippen molar-refractivity contribution in [3.63, 3.8) is 0 Å². The van der Waals surface area contributed by atoms with E-state index < -0.39 is 10.0 Å². The van der Waals surface area contributed by atoms with Gasteiger partial charge in [-0.1, -0.05) is 39.7 Å². The Morgan fingerprint density at radius 1 is 1.20 bits per heavy atom. The van der Waals surface area contributed by atoms with Crippen molar-refractivity contribution >= 4 is 43.2 Å². The number of hydrogen-bond donors (Lipinski definition) is 2. The van der Waals surface area contributed by atoms with Crippen molar-refractivity contribution in [2.45, 2.75) is 11.4 Å². The number of hydrogen-bond acceptors (Lipinski definition) is 3. The van der Waals surface area contributed by atoms with Gasteiger partial charge in [-0.05, 0) is 35.9 Å². The summed E-state index contributed by atoms with van der Waals surface area (Å²) in [6, 6.07) is 11.6. The lowest BCUT2D eigenvalue weighted by atomic mass is 10.2. The fraction of sp³-hybridized carbons (Fsp3) is 0.0769. The molecule has 0 atom stereocenters. The maximum absolute atomic E-state index is 12.1. The molecule has 2 rings (SSSR count). The Morgan fingerprint density at radius 3 is 2.60 bits per heavy atom. The van der Waals surface area contributed by atoms with Crippen LogP contribution in [0.15, 0.2) is 51.8 Å². The number of nitrogens with one attached hydrogen (secondary N) is 1. The molecule has 0 aliphatic rings. The normalized spacial score (nSPS) is 11.5. The molecule has 0 bridgehead atoms. The van der Waals surface area contributed by atoms with Crippen LogP contribution in [0.25, 0.3) is 0 Å². The second kappa shape index (κ2) is 6.13. The summed E-state index contributed by atoms with van der Waals surface area (Å²) in [5.74, 6) is 0. The van der Waals surface area contributed by atoms with Crippen molar-refractivity contribution in [3.05, 3.63) is 57.5 Å². The summed E-state index contributed by atoms with van der Waals surface area (Å²) >= 11 is 9.11. The molecule has 0 aliphatic carbocycles. The quantitative estimate of drug-likeness (QED) is 0.806. The summed E-state index contributed by atoms with van der Waals surface area (Å²) in [5, 5.41) is 0.330. The molecule has 3 N–H and O–H groups in total. The first-order chi connectivity index (χ1) is 9.38. The number of nitrogen functional groups attached to an aromatic ring is 1. The van der Waals surface area contributed by atoms with Crippen LogP contribution in [-0.4, -0.2) is 8.42 Å². The molecule has 0 saturated heterocycles. The van der Waals surface area contributed by atoms with Crippen molar-refractivity contribution < 1.29 is 8.42 Å². The number of nitrogens with two attached hydrogens (primary N) is 1. The van der Waals surface area contributed by atoms with Crippen LogP contribution in [0.2, 0.25) is 5.02 Å². The van der Waals surface area contributed by atoms with Gasteiger partial charge in [0, 0.05) is 11.0 Å². The molecule has 0 aromatic heterocycles. The van der Waals surface area contributed by atoms with Gasteiger partial charge in [-0.3, -0.25) is 0 Å². The van der Waals surface area contributed by atoms with E-state index in [1.807, 2.05) is 24.3 Å². The monoisotopic (exact) mass is 374 g/mol. The molecule has 2 aromatic carbocycles. The van der Waals surface area contributed by atoms with Crippen molar-refractivity contribution in [2.75, 3.05) is 5.73 Å². The van der Waals surface area contributed by atoms with Crippen LogP contribution in [0.4, 0.5) is 5.69 Å². The highest BCUT2D eigenvalue weighted by molar-refractivity contribution is 9.10. The standard InChI is InChI=1S/C13H12BrClN2O2S/c14-10-3-1-2-9(6-10)8-17-20(18,19)11-4-5-12(15)13(16)7-11/h1-7,17H,8,16H2. The van der Waals surface area contributed by atoms with Crippen LogP contribution in [0.3, 0.4) is 0 Å². The molecule has 4 nitrogen and oxygen atoms in total. The third-order valence-corrected chi connectivity index (χ3v) is 4.87. The van der Waals surface area contributed by atoms with E-state index in [4.69, 9.17) is 17.3 Å². The fourth-order valence-corrected chi connectivity index (χ4v) is 3.21. The average molecular weight is 376 g/mol. The molecule has 20 heavy (non-hydrogen) atoms. The minimum Gasteiger partial charge on any atom is -0.397 e. The number of anilines is 1. The van der Waals surface area contributed by atoms with Gasteiger partial charge < -0.3 is 5.73 Å². The van der Waals surface area contributed by atoms with E-state index in [2.05, 4.69) is 20.7 Å². The molecule has 0 unspecified atom stereocenters. The SMILES string of the molecule is Nc1cc(S(=O)(=O)NCc2cccc(Br)c2)ccc1Cl. The lowest BCUT2D eigenvalue weighted by Crippen LogP contribution is -2.23. The van der Waals surface area contributed by atoms with Crippen LogP contribution >= 0.6 is 27.5 Å². The Kier molecular flexibility index (Phi) is 4.70. The molecule has 0 radical (unpaired) electrons. The first-order valence-corrected chi connectivity index (χ1v) is 8.33. The highest BCUT2D eigenvalue weighted by atomic mass is 79.9. The van der Waals surface area contributed by atoms with E-state index in [1.165, 1.54) is 18.2 Å². The number of sulfonamides is 1. The third-order valence-electron chi connectivity index (χ3n) is 2.63. The van der Waals surface area contributed by atoms with Crippen LogP contribution < -0.4 is 10.5 Å². The zero-order valence-electron chi connectivity index (χ0n) is 10.3. The van der Waals surface area contributed by atoms with Gasteiger partial charge in [-0.25, -0.2) is 13.1 Å². The summed E-state index contributed by atoms with van der Waals surface area (Å²) < 4.78 is 27.7. The Morgan fingerprint density at radius 2 is 1.95 bits per heavy atom. The van der Waals surface area contributed by atoms with Crippen molar-refractivity contribution in [1.29, 1.82) is 0 Å². The average Bonchev–Trinajstić information content (AvgIpc) is 2.40. The molecule has 2 aromatic rings. The fourth-order valence-electron chi connectivity index (χ4n) is 1.60. The Bertz CT molecular complexity index is 735. The maximum atomic E-state index is 12.1. The van der Waals surface area contributed by atoms with Gasteiger partial charge in [0.05, 0.1) is 15.6 Å². The summed E-state index contributed by atoms with van der Waals surface area (Å²) in [7, 11) is -3.61. The molecule has 0 aliphatic heterocycles. The molecule has 0 spiro atoms. The second-order valence-corrected chi connectivity index (χ2v) is 7.23. The van der Waals surface area contributed by atoms with Gasteiger partial charge in [0.1, 0.15) is 0 Å². The smallest absolute Gasteiger partial charge is 0.240 e. The van der Waals surface area contributed by atoms with Crippen LogP contribution in [0, 0.1) is 0 Å². The topological polar surface area (TPSA) is 72.2 Å². The molecular weight excluding hydrogens is 364 g/mol. The molecule has 0 amide bonds. The van der Waals surface area contributed by atoms with E-state index in [1.54, 1.807) is 0 Å². The van der Waals surface area contributed by atoms with Gasteiger partial charge in [0.25, 0.3) is 0 Å². The van der Waals surface area contributed by atoms with Gasteiger partial charge in [0.2, 0.25) is 10.0 Å². The number of halogens is 2. The van der Waals surface area contributed by atoms with Gasteiger partial charge >= 0.3 is 0 Å². The van der Waals surface area contributed by atoms with E-state index in [9.17, 15) is 8.42 Å². The largest absolute Gasteiger partial charge is 0.397 e. The minimum absolute atomic E-state index is 0.0920. The molecule has 0 fully saturated rings. The Balaban J connectivity index is 2.17. The predicted molar refractivity (Wildman–Crippen MR) is 84.0 cm³/mol. The maximum Gasteiger partial charge on any atom is 0.240 e. The van der Waals surface area contributed by atoms with E-state index >= 15 is 0 Å². The highest BCUT2D eigenvalue weighted by Crippen LogP contribution is 2.22. The minimum atomic E-state index is -3.61. The van der Waals surface area contributed by atoms with Crippen LogP contribution in [0.5, 0.6) is 0 Å². The molecule has 0 heterocycles. The van der Waals surface area contributed by atoms with Crippen LogP contribution in [0.1, 0.15) is 5.56 Å². The zero-order chi connectivity index (χ0) is 14.8. The third kappa shape index (κ3) is 3.73. The van der Waals surface area contributed by atoms with E-state index in [0.29, 0.717) is 5.02 Å².